The van der Waals surface area contributed by atoms with Crippen LogP contribution in [0.1, 0.15) is 93.3 Å². The van der Waals surface area contributed by atoms with E-state index in [2.05, 4.69) is 0 Å². The van der Waals surface area contributed by atoms with Crippen molar-refractivity contribution in [2.45, 2.75) is 50.4 Å². The normalized spacial score (nSPS) is 24.6. The number of fused-ring (bicyclic) bond motifs is 8. The quantitative estimate of drug-likeness (QED) is 0.102. The number of aromatic hydroxyl groups is 8. The summed E-state index contributed by atoms with van der Waals surface area (Å²) >= 11 is 0. The number of ketones is 2. The van der Waals surface area contributed by atoms with Crippen LogP contribution >= 0.6 is 0 Å². The van der Waals surface area contributed by atoms with E-state index in [-0.39, 0.29) is 56.8 Å². The number of carbonyl (C=O) groups excluding carboxylic acids is 2. The molecule has 4 aromatic carbocycles. The van der Waals surface area contributed by atoms with Crippen molar-refractivity contribution < 1.29 is 50.4 Å². The number of rotatable bonds is 2. The van der Waals surface area contributed by atoms with Gasteiger partial charge in [-0.05, 0) is 62.1 Å². The van der Waals surface area contributed by atoms with E-state index in [1.165, 1.54) is 48.5 Å². The van der Waals surface area contributed by atoms with Crippen LogP contribution in [0.5, 0.6) is 46.0 Å². The third-order valence-electron chi connectivity index (χ3n) is 10.6. The smallest absolute Gasteiger partial charge is 0.171 e. The first kappa shape index (κ1) is 32.6. The van der Waals surface area contributed by atoms with Crippen LogP contribution in [0.15, 0.2) is 84.0 Å². The third-order valence-corrected chi connectivity index (χ3v) is 10.6. The van der Waals surface area contributed by atoms with Gasteiger partial charge < -0.3 is 40.9 Å². The molecule has 10 heteroatoms. The first-order chi connectivity index (χ1) is 23.7. The van der Waals surface area contributed by atoms with Crippen molar-refractivity contribution >= 4 is 11.6 Å². The molecule has 4 aromatic rings. The Balaban J connectivity index is 1.53. The Morgan fingerprint density at radius 3 is 1.18 bits per heavy atom. The van der Waals surface area contributed by atoms with E-state index >= 15 is 0 Å². The van der Waals surface area contributed by atoms with Gasteiger partial charge in [-0.15, -0.1) is 0 Å². The molecule has 0 fully saturated rings. The lowest BCUT2D eigenvalue weighted by Gasteiger charge is -2.39. The molecule has 8 N–H and O–H groups in total. The van der Waals surface area contributed by atoms with Crippen LogP contribution in [0.3, 0.4) is 0 Å². The van der Waals surface area contributed by atoms with Crippen LogP contribution in [0.2, 0.25) is 0 Å². The molecule has 0 heterocycles. The molecule has 0 saturated heterocycles. The zero-order valence-corrected chi connectivity index (χ0v) is 27.2. The van der Waals surface area contributed by atoms with Gasteiger partial charge in [0.15, 0.2) is 11.6 Å². The van der Waals surface area contributed by atoms with Crippen molar-refractivity contribution in [2.75, 3.05) is 0 Å². The molecule has 0 aliphatic heterocycles. The number of phenolic OH excluding ortho intramolecular Hbond substituents is 8. The molecule has 0 radical (unpaired) electrons. The standard InChI is InChI=1S/C40H36O10/c1-17-7-25(21-5-3-19(41)11-31(21)43)37-27(9-17)23-13-29(35(47)15-33(23)45)40(50)38-26(22-6-4-20(42)12-32(22)44)8-18(2)10-28(38)24-14-30(39(37)49)36(48)16-34(24)46/h3-6,9-16,25-28,37-38,41-48H,7-8H2,1-2H3/t25?,26?,27-,28-,37+,38?/m1/s1. The Bertz CT molecular complexity index is 2010. The van der Waals surface area contributed by atoms with E-state index in [1.807, 2.05) is 13.8 Å². The highest BCUT2D eigenvalue weighted by molar-refractivity contribution is 6.04. The van der Waals surface area contributed by atoms with Gasteiger partial charge >= 0.3 is 0 Å². The summed E-state index contributed by atoms with van der Waals surface area (Å²) in [4.78, 5) is 29.8. The van der Waals surface area contributed by atoms with Crippen LogP contribution < -0.4 is 0 Å². The van der Waals surface area contributed by atoms with E-state index in [4.69, 9.17) is 0 Å². The summed E-state index contributed by atoms with van der Waals surface area (Å²) in [5.74, 6) is -9.18. The number of phenols is 8. The van der Waals surface area contributed by atoms with Crippen LogP contribution in [0, 0.1) is 11.8 Å². The lowest BCUT2D eigenvalue weighted by Crippen LogP contribution is -2.34. The van der Waals surface area contributed by atoms with Gasteiger partial charge in [0.1, 0.15) is 46.0 Å². The Hall–Kier alpha value is -5.90. The second-order valence-electron chi connectivity index (χ2n) is 13.8. The van der Waals surface area contributed by atoms with Gasteiger partial charge in [0.2, 0.25) is 0 Å². The Morgan fingerprint density at radius 1 is 0.460 bits per heavy atom. The number of carbonyl (C=O) groups is 2. The maximum atomic E-state index is 14.9. The molecule has 10 nitrogen and oxygen atoms in total. The number of allylic oxidation sites excluding steroid dienone is 4. The molecule has 0 amide bonds. The molecule has 3 unspecified atom stereocenters. The number of hydrogen-bond acceptors (Lipinski definition) is 10. The van der Waals surface area contributed by atoms with Gasteiger partial charge in [-0.3, -0.25) is 9.59 Å². The Morgan fingerprint density at radius 2 is 0.820 bits per heavy atom. The van der Waals surface area contributed by atoms with Crippen LogP contribution in [0.4, 0.5) is 0 Å². The third kappa shape index (κ3) is 5.28. The summed E-state index contributed by atoms with van der Waals surface area (Å²) in [6.45, 7) is 3.66. The van der Waals surface area contributed by atoms with Crippen molar-refractivity contribution in [3.8, 4) is 46.0 Å². The monoisotopic (exact) mass is 676 g/mol. The summed E-state index contributed by atoms with van der Waals surface area (Å²) in [6.07, 6.45) is 4.17. The molecule has 50 heavy (non-hydrogen) atoms. The van der Waals surface area contributed by atoms with Gasteiger partial charge in [-0.2, -0.15) is 0 Å². The fourth-order valence-corrected chi connectivity index (χ4v) is 8.44. The molecular formula is C40H36O10. The van der Waals surface area contributed by atoms with Gasteiger partial charge in [0.05, 0.1) is 11.1 Å². The maximum Gasteiger partial charge on any atom is 0.171 e. The zero-order valence-electron chi connectivity index (χ0n) is 27.2. The zero-order chi connectivity index (χ0) is 35.8. The predicted molar refractivity (Wildman–Crippen MR) is 182 cm³/mol. The van der Waals surface area contributed by atoms with Crippen LogP contribution in [-0.2, 0) is 0 Å². The number of Topliss-reactive ketones (excluding diaryl/α,β-unsaturated/α-hetero) is 2. The minimum atomic E-state index is -1.07. The molecule has 3 aliphatic carbocycles. The largest absolute Gasteiger partial charge is 0.508 e. The first-order valence-corrected chi connectivity index (χ1v) is 16.3. The predicted octanol–water partition coefficient (Wildman–Crippen LogP) is 7.08. The molecule has 6 atom stereocenters. The molecule has 4 bridgehead atoms. The molecule has 0 spiro atoms. The highest BCUT2D eigenvalue weighted by atomic mass is 16.3. The van der Waals surface area contributed by atoms with E-state index < -0.39 is 58.6 Å². The van der Waals surface area contributed by atoms with Crippen molar-refractivity contribution in [1.29, 1.82) is 0 Å². The molecule has 0 saturated carbocycles. The SMILES string of the molecule is CC1=C[C@@H]2c3cc(c(O)cc3O)C(=O)[C@H]3C(c4ccc(O)cc4O)CC(C)=C[C@@H]3c3cc(c(O)cc3O)C(=O)C2C(c2ccc(O)cc2O)C1. The molecular weight excluding hydrogens is 640 g/mol. The topological polar surface area (TPSA) is 196 Å². The minimum Gasteiger partial charge on any atom is -0.508 e. The molecule has 3 aliphatic rings. The molecule has 7 rings (SSSR count). The summed E-state index contributed by atoms with van der Waals surface area (Å²) in [5.41, 5.74) is 2.33. The summed E-state index contributed by atoms with van der Waals surface area (Å²) in [5, 5.41) is 87.2. The second kappa shape index (κ2) is 11.9. The van der Waals surface area contributed by atoms with E-state index in [1.54, 1.807) is 12.2 Å². The fourth-order valence-electron chi connectivity index (χ4n) is 8.44. The molecule has 256 valence electrons. The van der Waals surface area contributed by atoms with Gasteiger partial charge in [0.25, 0.3) is 0 Å². The Labute approximate surface area is 287 Å². The minimum absolute atomic E-state index is 0.144. The van der Waals surface area contributed by atoms with Crippen LogP contribution in [0.25, 0.3) is 0 Å². The summed E-state index contributed by atoms with van der Waals surface area (Å²) in [6, 6.07) is 13.0. The van der Waals surface area contributed by atoms with Crippen molar-refractivity contribution in [3.63, 3.8) is 0 Å². The lowest BCUT2D eigenvalue weighted by atomic mass is 9.63. The second-order valence-corrected chi connectivity index (χ2v) is 13.8. The van der Waals surface area contributed by atoms with Gasteiger partial charge in [0, 0.05) is 70.9 Å². The van der Waals surface area contributed by atoms with Gasteiger partial charge in [-0.1, -0.05) is 35.4 Å². The first-order valence-electron chi connectivity index (χ1n) is 16.3. The number of hydrogen-bond donors (Lipinski definition) is 8. The fraction of sp³-hybridized carbons (Fsp3) is 0.250. The van der Waals surface area contributed by atoms with Crippen molar-refractivity contribution in [3.05, 3.63) is 117 Å². The van der Waals surface area contributed by atoms with Crippen molar-refractivity contribution in [2.24, 2.45) is 11.8 Å². The number of benzene rings is 4. The highest BCUT2D eigenvalue weighted by Gasteiger charge is 2.46. The van der Waals surface area contributed by atoms with E-state index in [9.17, 15) is 50.4 Å². The Kier molecular flexibility index (Phi) is 7.77. The maximum absolute atomic E-state index is 14.9. The summed E-state index contributed by atoms with van der Waals surface area (Å²) in [7, 11) is 0. The van der Waals surface area contributed by atoms with Crippen LogP contribution in [-0.4, -0.2) is 52.4 Å². The average Bonchev–Trinajstić information content (AvgIpc) is 3.03. The van der Waals surface area contributed by atoms with E-state index in [0.717, 1.165) is 23.3 Å². The highest BCUT2D eigenvalue weighted by Crippen LogP contribution is 2.55. The van der Waals surface area contributed by atoms with Crippen molar-refractivity contribution in [1.82, 2.24) is 0 Å². The average molecular weight is 677 g/mol. The van der Waals surface area contributed by atoms with Gasteiger partial charge in [-0.25, -0.2) is 0 Å². The van der Waals surface area contributed by atoms with E-state index in [0.29, 0.717) is 24.0 Å². The molecule has 0 aromatic heterocycles. The lowest BCUT2D eigenvalue weighted by molar-refractivity contribution is 0.0876. The summed E-state index contributed by atoms with van der Waals surface area (Å²) < 4.78 is 0.